The summed E-state index contributed by atoms with van der Waals surface area (Å²) in [4.78, 5) is 0.427. The van der Waals surface area contributed by atoms with E-state index in [1.807, 2.05) is 6.92 Å². The van der Waals surface area contributed by atoms with Gasteiger partial charge in [-0.25, -0.2) is 8.78 Å². The van der Waals surface area contributed by atoms with Gasteiger partial charge in [0.15, 0.2) is 11.6 Å². The number of fused-ring (bicyclic) bond motifs is 1. The maximum Gasteiger partial charge on any atom is 0.160 e. The molecule has 2 rings (SSSR count). The molecule has 1 heterocycles. The second-order valence-electron chi connectivity index (χ2n) is 3.75. The van der Waals surface area contributed by atoms with E-state index in [9.17, 15) is 13.0 Å². The van der Waals surface area contributed by atoms with Gasteiger partial charge in [-0.1, -0.05) is 6.92 Å². The van der Waals surface area contributed by atoms with E-state index < -0.39 is 22.4 Å². The van der Waals surface area contributed by atoms with Crippen LogP contribution in [0.2, 0.25) is 0 Å². The summed E-state index contributed by atoms with van der Waals surface area (Å²) in [5.74, 6) is -1.31. The van der Waals surface area contributed by atoms with E-state index in [1.165, 1.54) is 0 Å². The minimum atomic E-state index is -1.20. The van der Waals surface area contributed by atoms with E-state index in [-0.39, 0.29) is 6.04 Å². The first-order valence-electron chi connectivity index (χ1n) is 5.24. The molecule has 1 aromatic rings. The maximum absolute atomic E-state index is 13.1. The molecule has 2 atom stereocenters. The van der Waals surface area contributed by atoms with Crippen LogP contribution in [0.3, 0.4) is 0 Å². The Morgan fingerprint density at radius 1 is 1.44 bits per heavy atom. The van der Waals surface area contributed by atoms with Crippen LogP contribution in [0, 0.1) is 11.6 Å². The van der Waals surface area contributed by atoms with Crippen molar-refractivity contribution in [1.82, 2.24) is 5.32 Å². The Morgan fingerprint density at radius 3 is 2.81 bits per heavy atom. The SMILES string of the molecule is CCNC1CCS(=O)c2cc(F)c(F)cc21. The normalized spacial score (nSPS) is 24.2. The van der Waals surface area contributed by atoms with E-state index in [2.05, 4.69) is 5.32 Å². The van der Waals surface area contributed by atoms with Crippen molar-refractivity contribution in [3.63, 3.8) is 0 Å². The van der Waals surface area contributed by atoms with E-state index in [0.717, 1.165) is 18.7 Å². The third kappa shape index (κ3) is 2.01. The quantitative estimate of drug-likeness (QED) is 0.864. The smallest absolute Gasteiger partial charge is 0.160 e. The van der Waals surface area contributed by atoms with Crippen molar-refractivity contribution in [2.45, 2.75) is 24.3 Å². The van der Waals surface area contributed by atoms with Gasteiger partial charge in [0, 0.05) is 16.7 Å². The van der Waals surface area contributed by atoms with Crippen molar-refractivity contribution >= 4 is 10.8 Å². The Labute approximate surface area is 95.5 Å². The average molecular weight is 245 g/mol. The first-order chi connectivity index (χ1) is 7.63. The summed E-state index contributed by atoms with van der Waals surface area (Å²) >= 11 is 0. The first-order valence-corrected chi connectivity index (χ1v) is 6.56. The number of rotatable bonds is 2. The largest absolute Gasteiger partial charge is 0.310 e. The van der Waals surface area contributed by atoms with Crippen LogP contribution < -0.4 is 5.32 Å². The van der Waals surface area contributed by atoms with Gasteiger partial charge >= 0.3 is 0 Å². The van der Waals surface area contributed by atoms with Crippen LogP contribution in [0.1, 0.15) is 24.9 Å². The zero-order valence-electron chi connectivity index (χ0n) is 8.93. The Kier molecular flexibility index (Phi) is 3.35. The van der Waals surface area contributed by atoms with Crippen molar-refractivity contribution in [2.24, 2.45) is 0 Å². The van der Waals surface area contributed by atoms with Gasteiger partial charge in [-0.3, -0.25) is 4.21 Å². The van der Waals surface area contributed by atoms with Crippen LogP contribution in [-0.4, -0.2) is 16.5 Å². The van der Waals surface area contributed by atoms with Gasteiger partial charge in [0.1, 0.15) is 0 Å². The molecule has 1 aliphatic rings. The molecule has 0 bridgehead atoms. The zero-order chi connectivity index (χ0) is 11.7. The molecule has 2 nitrogen and oxygen atoms in total. The monoisotopic (exact) mass is 245 g/mol. The molecule has 0 amide bonds. The van der Waals surface area contributed by atoms with Gasteiger partial charge in [-0.05, 0) is 30.7 Å². The Hall–Kier alpha value is -0.810. The predicted molar refractivity (Wildman–Crippen MR) is 58.7 cm³/mol. The van der Waals surface area contributed by atoms with Crippen LogP contribution in [0.5, 0.6) is 0 Å². The molecule has 0 fully saturated rings. The van der Waals surface area contributed by atoms with Gasteiger partial charge < -0.3 is 5.32 Å². The number of nitrogens with one attached hydrogen (secondary N) is 1. The third-order valence-electron chi connectivity index (χ3n) is 2.72. The fourth-order valence-electron chi connectivity index (χ4n) is 1.96. The van der Waals surface area contributed by atoms with E-state index >= 15 is 0 Å². The summed E-state index contributed by atoms with van der Waals surface area (Å²) < 4.78 is 37.9. The zero-order valence-corrected chi connectivity index (χ0v) is 9.74. The van der Waals surface area contributed by atoms with Crippen molar-refractivity contribution in [2.75, 3.05) is 12.3 Å². The summed E-state index contributed by atoms with van der Waals surface area (Å²) in [7, 11) is -1.20. The fraction of sp³-hybridized carbons (Fsp3) is 0.455. The van der Waals surface area contributed by atoms with Crippen molar-refractivity contribution in [3.8, 4) is 0 Å². The van der Waals surface area contributed by atoms with Crippen LogP contribution in [0.15, 0.2) is 17.0 Å². The molecule has 2 unspecified atom stereocenters. The predicted octanol–water partition coefficient (Wildman–Crippen LogP) is 2.13. The molecular formula is C11H13F2NOS. The van der Waals surface area contributed by atoms with Gasteiger partial charge in [-0.15, -0.1) is 0 Å². The summed E-state index contributed by atoms with van der Waals surface area (Å²) in [6, 6.07) is 2.20. The summed E-state index contributed by atoms with van der Waals surface area (Å²) in [6.07, 6.45) is 0.693. The number of halogens is 2. The minimum absolute atomic E-state index is 0.0206. The Morgan fingerprint density at radius 2 is 2.12 bits per heavy atom. The maximum atomic E-state index is 13.1. The first kappa shape index (κ1) is 11.7. The van der Waals surface area contributed by atoms with Gasteiger partial charge in [0.05, 0.1) is 10.8 Å². The molecule has 0 radical (unpaired) electrons. The highest BCUT2D eigenvalue weighted by Crippen LogP contribution is 2.31. The molecule has 5 heteroatoms. The van der Waals surface area contributed by atoms with Crippen LogP contribution >= 0.6 is 0 Å². The molecule has 0 aromatic heterocycles. The van der Waals surface area contributed by atoms with E-state index in [4.69, 9.17) is 0 Å². The molecule has 1 aliphatic heterocycles. The summed E-state index contributed by atoms with van der Waals surface area (Å²) in [5.41, 5.74) is 0.630. The molecule has 1 N–H and O–H groups in total. The third-order valence-corrected chi connectivity index (χ3v) is 4.17. The fourth-order valence-corrected chi connectivity index (χ4v) is 3.33. The standard InChI is InChI=1S/C11H13F2NOS/c1-2-14-10-3-4-16(15)11-6-9(13)8(12)5-7(10)11/h5-6,10,14H,2-4H2,1H3. The number of benzene rings is 1. The van der Waals surface area contributed by atoms with Crippen LogP contribution in [-0.2, 0) is 10.8 Å². The molecule has 0 saturated heterocycles. The van der Waals surface area contributed by atoms with Crippen LogP contribution in [0.25, 0.3) is 0 Å². The highest BCUT2D eigenvalue weighted by molar-refractivity contribution is 7.85. The average Bonchev–Trinajstić information content (AvgIpc) is 2.25. The lowest BCUT2D eigenvalue weighted by molar-refractivity contribution is 0.482. The minimum Gasteiger partial charge on any atom is -0.310 e. The van der Waals surface area contributed by atoms with Crippen molar-refractivity contribution < 1.29 is 13.0 Å². The van der Waals surface area contributed by atoms with Crippen LogP contribution in [0.4, 0.5) is 8.78 Å². The highest BCUT2D eigenvalue weighted by Gasteiger charge is 2.26. The van der Waals surface area contributed by atoms with Gasteiger partial charge in [0.25, 0.3) is 0 Å². The lowest BCUT2D eigenvalue weighted by Crippen LogP contribution is -2.27. The van der Waals surface area contributed by atoms with Crippen molar-refractivity contribution in [3.05, 3.63) is 29.3 Å². The highest BCUT2D eigenvalue weighted by atomic mass is 32.2. The van der Waals surface area contributed by atoms with Crippen molar-refractivity contribution in [1.29, 1.82) is 0 Å². The van der Waals surface area contributed by atoms with Gasteiger partial charge in [-0.2, -0.15) is 0 Å². The summed E-state index contributed by atoms with van der Waals surface area (Å²) in [5, 5.41) is 3.18. The topological polar surface area (TPSA) is 29.1 Å². The molecule has 16 heavy (non-hydrogen) atoms. The molecule has 1 aromatic carbocycles. The lowest BCUT2D eigenvalue weighted by atomic mass is 10.0. The summed E-state index contributed by atoms with van der Waals surface area (Å²) in [6.45, 7) is 2.70. The lowest BCUT2D eigenvalue weighted by Gasteiger charge is -2.25. The van der Waals surface area contributed by atoms with E-state index in [0.29, 0.717) is 22.6 Å². The molecule has 0 spiro atoms. The molecule has 0 saturated carbocycles. The molecule has 88 valence electrons. The second kappa shape index (κ2) is 4.59. The molecular weight excluding hydrogens is 232 g/mol. The second-order valence-corrected chi connectivity index (χ2v) is 5.29. The number of hydrogen-bond acceptors (Lipinski definition) is 2. The Balaban J connectivity index is 2.48. The van der Waals surface area contributed by atoms with E-state index in [1.54, 1.807) is 0 Å². The molecule has 0 aliphatic carbocycles. The van der Waals surface area contributed by atoms with Gasteiger partial charge in [0.2, 0.25) is 0 Å². The Bertz CT molecular complexity index is 436. The number of hydrogen-bond donors (Lipinski definition) is 1.